The van der Waals surface area contributed by atoms with Gasteiger partial charge in [0.25, 0.3) is 11.2 Å². The Labute approximate surface area is 147 Å². The summed E-state index contributed by atoms with van der Waals surface area (Å²) < 4.78 is 1.10. The first-order valence-corrected chi connectivity index (χ1v) is 7.63. The summed E-state index contributed by atoms with van der Waals surface area (Å²) in [4.78, 5) is 40.4. The van der Waals surface area contributed by atoms with E-state index in [1.807, 2.05) is 12.1 Å². The van der Waals surface area contributed by atoms with E-state index >= 15 is 0 Å². The number of benzene rings is 1. The number of nitriles is 2. The van der Waals surface area contributed by atoms with E-state index in [1.165, 1.54) is 23.1 Å². The summed E-state index contributed by atoms with van der Waals surface area (Å²) in [6.45, 7) is 0.0353. The van der Waals surface area contributed by atoms with Gasteiger partial charge in [-0.3, -0.25) is 24.3 Å². The minimum atomic E-state index is -0.585. The molecule has 0 radical (unpaired) electrons. The summed E-state index contributed by atoms with van der Waals surface area (Å²) in [5.74, 6) is -0.416. The number of rotatable bonds is 7. The summed E-state index contributed by atoms with van der Waals surface area (Å²) in [6.07, 6.45) is 1.39. The maximum atomic E-state index is 12.5. The van der Waals surface area contributed by atoms with Gasteiger partial charge in [0, 0.05) is 25.2 Å². The van der Waals surface area contributed by atoms with Crippen molar-refractivity contribution in [2.24, 2.45) is 0 Å². The molecule has 0 aliphatic heterocycles. The number of nitro benzene ring substituents is 1. The number of non-ortho nitro benzene ring substituents is 1. The van der Waals surface area contributed by atoms with Gasteiger partial charge in [-0.05, 0) is 6.07 Å². The highest BCUT2D eigenvalue weighted by atomic mass is 16.6. The Kier molecular flexibility index (Phi) is 5.96. The fourth-order valence-corrected chi connectivity index (χ4v) is 2.35. The molecule has 0 saturated carbocycles. The van der Waals surface area contributed by atoms with Crippen LogP contribution in [0.5, 0.6) is 0 Å². The average Bonchev–Trinajstić information content (AvgIpc) is 2.63. The molecule has 0 spiro atoms. The van der Waals surface area contributed by atoms with Crippen molar-refractivity contribution in [3.05, 3.63) is 45.0 Å². The van der Waals surface area contributed by atoms with E-state index in [4.69, 9.17) is 10.5 Å². The van der Waals surface area contributed by atoms with Crippen LogP contribution in [0.4, 0.5) is 5.69 Å². The first-order chi connectivity index (χ1) is 12.5. The normalized spacial score (nSPS) is 10.1. The maximum absolute atomic E-state index is 12.5. The van der Waals surface area contributed by atoms with E-state index in [0.29, 0.717) is 0 Å². The molecule has 0 N–H and O–H groups in total. The number of carbonyl (C=O) groups excluding carboxylic acids is 1. The van der Waals surface area contributed by atoms with Gasteiger partial charge in [0.1, 0.15) is 6.54 Å². The number of hydrogen-bond donors (Lipinski definition) is 0. The SMILES string of the molecule is N#CCCN(CCC#N)C(=O)Cn1cnc2cc([N+](=O)[O-])ccc2c1=O. The Morgan fingerprint density at radius 2 is 1.92 bits per heavy atom. The molecule has 10 heteroatoms. The molecule has 2 rings (SSSR count). The van der Waals surface area contributed by atoms with Gasteiger partial charge in [0.2, 0.25) is 5.91 Å². The Morgan fingerprint density at radius 1 is 1.27 bits per heavy atom. The van der Waals surface area contributed by atoms with Crippen molar-refractivity contribution in [2.45, 2.75) is 19.4 Å². The molecule has 0 fully saturated rings. The van der Waals surface area contributed by atoms with E-state index in [2.05, 4.69) is 4.98 Å². The van der Waals surface area contributed by atoms with Crippen molar-refractivity contribution in [3.63, 3.8) is 0 Å². The molecular formula is C16H14N6O4. The largest absolute Gasteiger partial charge is 0.339 e. The zero-order chi connectivity index (χ0) is 19.1. The topological polar surface area (TPSA) is 146 Å². The van der Waals surface area contributed by atoms with Gasteiger partial charge in [-0.2, -0.15) is 10.5 Å². The quantitative estimate of drug-likeness (QED) is 0.531. The summed E-state index contributed by atoms with van der Waals surface area (Å²) in [6, 6.07) is 7.55. The van der Waals surface area contributed by atoms with Crippen LogP contribution < -0.4 is 5.56 Å². The molecule has 10 nitrogen and oxygen atoms in total. The molecule has 1 aromatic heterocycles. The molecule has 0 aliphatic rings. The molecule has 0 saturated heterocycles. The zero-order valence-corrected chi connectivity index (χ0v) is 13.7. The average molecular weight is 354 g/mol. The number of fused-ring (bicyclic) bond motifs is 1. The second-order valence-electron chi connectivity index (χ2n) is 5.33. The number of aromatic nitrogens is 2. The van der Waals surface area contributed by atoms with Crippen LogP contribution in [0.25, 0.3) is 10.9 Å². The molecule has 0 aliphatic carbocycles. The highest BCUT2D eigenvalue weighted by Crippen LogP contribution is 2.16. The summed E-state index contributed by atoms with van der Waals surface area (Å²) in [5, 5.41) is 28.3. The Balaban J connectivity index is 2.28. The first-order valence-electron chi connectivity index (χ1n) is 7.63. The highest BCUT2D eigenvalue weighted by molar-refractivity contribution is 5.80. The van der Waals surface area contributed by atoms with E-state index < -0.39 is 16.4 Å². The molecule has 132 valence electrons. The van der Waals surface area contributed by atoms with Gasteiger partial charge in [-0.15, -0.1) is 0 Å². The van der Waals surface area contributed by atoms with Gasteiger partial charge in [-0.25, -0.2) is 4.98 Å². The predicted molar refractivity (Wildman–Crippen MR) is 89.7 cm³/mol. The van der Waals surface area contributed by atoms with Crippen molar-refractivity contribution < 1.29 is 9.72 Å². The lowest BCUT2D eigenvalue weighted by molar-refractivity contribution is -0.384. The van der Waals surface area contributed by atoms with Crippen LogP contribution in [-0.2, 0) is 11.3 Å². The summed E-state index contributed by atoms with van der Waals surface area (Å²) in [7, 11) is 0. The molecule has 0 bridgehead atoms. The van der Waals surface area contributed by atoms with Crippen molar-refractivity contribution >= 4 is 22.5 Å². The van der Waals surface area contributed by atoms with Crippen molar-refractivity contribution in [2.75, 3.05) is 13.1 Å². The number of hydrogen-bond acceptors (Lipinski definition) is 7. The summed E-state index contributed by atoms with van der Waals surface area (Å²) >= 11 is 0. The fourth-order valence-electron chi connectivity index (χ4n) is 2.35. The number of nitro groups is 1. The lowest BCUT2D eigenvalue weighted by Crippen LogP contribution is -2.37. The fraction of sp³-hybridized carbons (Fsp3) is 0.312. The van der Waals surface area contributed by atoms with Gasteiger partial charge in [0.05, 0.1) is 47.1 Å². The van der Waals surface area contributed by atoms with Crippen molar-refractivity contribution in [1.29, 1.82) is 10.5 Å². The van der Waals surface area contributed by atoms with Gasteiger partial charge < -0.3 is 4.90 Å². The van der Waals surface area contributed by atoms with E-state index in [0.717, 1.165) is 10.9 Å². The lowest BCUT2D eigenvalue weighted by atomic mass is 10.2. The van der Waals surface area contributed by atoms with Crippen LogP contribution in [0.2, 0.25) is 0 Å². The van der Waals surface area contributed by atoms with Gasteiger partial charge >= 0.3 is 0 Å². The monoisotopic (exact) mass is 354 g/mol. The number of amides is 1. The molecule has 1 amide bonds. The van der Waals surface area contributed by atoms with E-state index in [-0.39, 0.29) is 49.1 Å². The third-order valence-corrected chi connectivity index (χ3v) is 3.66. The van der Waals surface area contributed by atoms with Crippen LogP contribution in [-0.4, -0.2) is 38.4 Å². The Bertz CT molecular complexity index is 967. The van der Waals surface area contributed by atoms with Crippen LogP contribution in [0.1, 0.15) is 12.8 Å². The third kappa shape index (κ3) is 4.19. The minimum absolute atomic E-state index is 0.117. The number of carbonyl (C=O) groups is 1. The minimum Gasteiger partial charge on any atom is -0.339 e. The second-order valence-corrected chi connectivity index (χ2v) is 5.33. The molecule has 0 atom stereocenters. The van der Waals surface area contributed by atoms with Crippen molar-refractivity contribution in [1.82, 2.24) is 14.5 Å². The molecule has 1 aromatic carbocycles. The smallest absolute Gasteiger partial charge is 0.271 e. The van der Waals surface area contributed by atoms with Crippen LogP contribution in [0, 0.1) is 32.8 Å². The molecular weight excluding hydrogens is 340 g/mol. The van der Waals surface area contributed by atoms with Crippen LogP contribution in [0.15, 0.2) is 29.3 Å². The maximum Gasteiger partial charge on any atom is 0.271 e. The van der Waals surface area contributed by atoms with E-state index in [1.54, 1.807) is 0 Å². The third-order valence-electron chi connectivity index (χ3n) is 3.66. The van der Waals surface area contributed by atoms with Crippen LogP contribution in [0.3, 0.4) is 0 Å². The van der Waals surface area contributed by atoms with Crippen LogP contribution >= 0.6 is 0 Å². The first kappa shape index (κ1) is 18.5. The Hall–Kier alpha value is -3.79. The van der Waals surface area contributed by atoms with E-state index in [9.17, 15) is 19.7 Å². The molecule has 2 aromatic rings. The highest BCUT2D eigenvalue weighted by Gasteiger charge is 2.16. The molecule has 26 heavy (non-hydrogen) atoms. The van der Waals surface area contributed by atoms with Gasteiger partial charge in [-0.1, -0.05) is 0 Å². The molecule has 0 unspecified atom stereocenters. The molecule has 1 heterocycles. The number of nitrogens with zero attached hydrogens (tertiary/aromatic N) is 6. The zero-order valence-electron chi connectivity index (χ0n) is 13.7. The lowest BCUT2D eigenvalue weighted by Gasteiger charge is -2.20. The van der Waals surface area contributed by atoms with Crippen molar-refractivity contribution in [3.8, 4) is 12.1 Å². The Morgan fingerprint density at radius 3 is 2.50 bits per heavy atom. The second kappa shape index (κ2) is 8.35. The van der Waals surface area contributed by atoms with Gasteiger partial charge in [0.15, 0.2) is 0 Å². The summed E-state index contributed by atoms with van der Waals surface area (Å²) in [5.41, 5.74) is -0.519. The standard InChI is InChI=1S/C16H14N6O4/c17-5-1-7-20(8-2-6-18)15(23)10-21-11-19-14-9-12(22(25)26)3-4-13(14)16(21)24/h3-4,9,11H,1-2,7-8,10H2. The predicted octanol–water partition coefficient (Wildman–Crippen LogP) is 0.961.